The molecule has 6 nitrogen and oxygen atoms in total. The van der Waals surface area contributed by atoms with E-state index in [0.29, 0.717) is 17.9 Å². The standard InChI is InChI=1S/C19H22FN5O/c1-5-24-16(12-17(23-24)19(2,3)4)18(26)22-15-11-13(7-8-14(15)20)25-10-6-9-21-25/h6-12H,5H2,1-4H3,(H,22,26). The van der Waals surface area contributed by atoms with Crippen LogP contribution in [0.25, 0.3) is 5.69 Å². The molecular weight excluding hydrogens is 333 g/mol. The van der Waals surface area contributed by atoms with Crippen molar-refractivity contribution in [2.24, 2.45) is 0 Å². The lowest BCUT2D eigenvalue weighted by Crippen LogP contribution is -2.18. The van der Waals surface area contributed by atoms with E-state index in [-0.39, 0.29) is 11.1 Å². The highest BCUT2D eigenvalue weighted by Crippen LogP contribution is 2.23. The number of carbonyl (C=O) groups is 1. The average molecular weight is 355 g/mol. The first kappa shape index (κ1) is 17.8. The Morgan fingerprint density at radius 3 is 2.65 bits per heavy atom. The second-order valence-electron chi connectivity index (χ2n) is 7.05. The van der Waals surface area contributed by atoms with E-state index in [1.165, 1.54) is 6.07 Å². The molecule has 0 bridgehead atoms. The number of halogens is 1. The molecule has 2 aromatic heterocycles. The fraction of sp³-hybridized carbons (Fsp3) is 0.316. The summed E-state index contributed by atoms with van der Waals surface area (Å²) in [5.74, 6) is -0.903. The number of hydrogen-bond donors (Lipinski definition) is 1. The zero-order valence-corrected chi connectivity index (χ0v) is 15.3. The second-order valence-corrected chi connectivity index (χ2v) is 7.05. The van der Waals surface area contributed by atoms with Gasteiger partial charge in [-0.3, -0.25) is 9.48 Å². The molecule has 0 saturated carbocycles. The molecule has 26 heavy (non-hydrogen) atoms. The van der Waals surface area contributed by atoms with E-state index < -0.39 is 11.7 Å². The first-order valence-corrected chi connectivity index (χ1v) is 8.49. The molecule has 3 aromatic rings. The number of aryl methyl sites for hydroxylation is 1. The lowest BCUT2D eigenvalue weighted by molar-refractivity contribution is 0.101. The van der Waals surface area contributed by atoms with Crippen molar-refractivity contribution in [3.8, 4) is 5.69 Å². The van der Waals surface area contributed by atoms with Gasteiger partial charge in [-0.1, -0.05) is 20.8 Å². The lowest BCUT2D eigenvalue weighted by Gasteiger charge is -2.13. The molecule has 0 spiro atoms. The Morgan fingerprint density at radius 2 is 2.04 bits per heavy atom. The van der Waals surface area contributed by atoms with Gasteiger partial charge in [0.05, 0.1) is 17.1 Å². The number of rotatable bonds is 4. The maximum absolute atomic E-state index is 14.2. The Kier molecular flexibility index (Phi) is 4.63. The SMILES string of the molecule is CCn1nc(C(C)(C)C)cc1C(=O)Nc1cc(-n2cccn2)ccc1F. The van der Waals surface area contributed by atoms with E-state index in [1.807, 2.05) is 27.7 Å². The average Bonchev–Trinajstić information content (AvgIpc) is 3.25. The zero-order chi connectivity index (χ0) is 18.9. The van der Waals surface area contributed by atoms with Gasteiger partial charge < -0.3 is 5.32 Å². The molecule has 7 heteroatoms. The first-order valence-electron chi connectivity index (χ1n) is 8.49. The maximum atomic E-state index is 14.2. The number of amides is 1. The number of nitrogens with one attached hydrogen (secondary N) is 1. The molecular formula is C19H22FN5O. The molecule has 2 heterocycles. The zero-order valence-electron chi connectivity index (χ0n) is 15.3. The van der Waals surface area contributed by atoms with Gasteiger partial charge in [-0.15, -0.1) is 0 Å². The van der Waals surface area contributed by atoms with E-state index in [4.69, 9.17) is 0 Å². The number of hydrogen-bond acceptors (Lipinski definition) is 3. The minimum atomic E-state index is -0.507. The van der Waals surface area contributed by atoms with Gasteiger partial charge in [-0.05, 0) is 37.3 Å². The summed E-state index contributed by atoms with van der Waals surface area (Å²) in [6.45, 7) is 8.56. The second kappa shape index (κ2) is 6.74. The maximum Gasteiger partial charge on any atom is 0.274 e. The summed E-state index contributed by atoms with van der Waals surface area (Å²) < 4.78 is 17.4. The quantitative estimate of drug-likeness (QED) is 0.775. The number of anilines is 1. The Balaban J connectivity index is 1.91. The van der Waals surface area contributed by atoms with Crippen molar-refractivity contribution in [2.75, 3.05) is 5.32 Å². The Hall–Kier alpha value is -2.96. The van der Waals surface area contributed by atoms with Gasteiger partial charge in [0.1, 0.15) is 11.5 Å². The molecule has 0 aliphatic heterocycles. The fourth-order valence-electron chi connectivity index (χ4n) is 2.57. The first-order chi connectivity index (χ1) is 12.3. The Morgan fingerprint density at radius 1 is 1.27 bits per heavy atom. The molecule has 1 aromatic carbocycles. The summed E-state index contributed by atoms with van der Waals surface area (Å²) in [6, 6.07) is 8.00. The Bertz CT molecular complexity index is 922. The van der Waals surface area contributed by atoms with Gasteiger partial charge >= 0.3 is 0 Å². The fourth-order valence-corrected chi connectivity index (χ4v) is 2.57. The molecule has 0 fully saturated rings. The van der Waals surface area contributed by atoms with Crippen LogP contribution >= 0.6 is 0 Å². The summed E-state index contributed by atoms with van der Waals surface area (Å²) in [7, 11) is 0. The van der Waals surface area contributed by atoms with Crippen LogP contribution in [0.5, 0.6) is 0 Å². The van der Waals surface area contributed by atoms with Crippen molar-refractivity contribution in [1.29, 1.82) is 0 Å². The Labute approximate surface area is 151 Å². The summed E-state index contributed by atoms with van der Waals surface area (Å²) in [5.41, 5.74) is 1.80. The van der Waals surface area contributed by atoms with E-state index in [2.05, 4.69) is 15.5 Å². The largest absolute Gasteiger partial charge is 0.318 e. The topological polar surface area (TPSA) is 64.7 Å². The van der Waals surface area contributed by atoms with Crippen molar-refractivity contribution < 1.29 is 9.18 Å². The smallest absolute Gasteiger partial charge is 0.274 e. The highest BCUT2D eigenvalue weighted by atomic mass is 19.1. The third kappa shape index (κ3) is 3.51. The molecule has 0 saturated heterocycles. The summed E-state index contributed by atoms with van der Waals surface area (Å²) in [4.78, 5) is 12.7. The number of benzene rings is 1. The van der Waals surface area contributed by atoms with Gasteiger partial charge in [0.15, 0.2) is 0 Å². The van der Waals surface area contributed by atoms with E-state index in [9.17, 15) is 9.18 Å². The van der Waals surface area contributed by atoms with Crippen molar-refractivity contribution >= 4 is 11.6 Å². The van der Waals surface area contributed by atoms with E-state index in [1.54, 1.807) is 46.0 Å². The van der Waals surface area contributed by atoms with Crippen LogP contribution in [-0.4, -0.2) is 25.5 Å². The summed E-state index contributed by atoms with van der Waals surface area (Å²) >= 11 is 0. The monoisotopic (exact) mass is 355 g/mol. The van der Waals surface area contributed by atoms with Crippen molar-refractivity contribution in [2.45, 2.75) is 39.7 Å². The molecule has 0 atom stereocenters. The molecule has 0 radical (unpaired) electrons. The van der Waals surface area contributed by atoms with Crippen LogP contribution in [0.1, 0.15) is 43.9 Å². The highest BCUT2D eigenvalue weighted by Gasteiger charge is 2.23. The van der Waals surface area contributed by atoms with Gasteiger partial charge in [0.2, 0.25) is 0 Å². The molecule has 1 N–H and O–H groups in total. The number of aromatic nitrogens is 4. The van der Waals surface area contributed by atoms with Crippen molar-refractivity contribution in [3.05, 3.63) is 59.9 Å². The van der Waals surface area contributed by atoms with Gasteiger partial charge in [-0.25, -0.2) is 9.07 Å². The third-order valence-electron chi connectivity index (χ3n) is 4.05. The molecule has 0 aliphatic carbocycles. The van der Waals surface area contributed by atoms with Crippen LogP contribution in [-0.2, 0) is 12.0 Å². The molecule has 1 amide bonds. The van der Waals surface area contributed by atoms with Crippen LogP contribution in [0.3, 0.4) is 0 Å². The molecule has 0 aliphatic rings. The van der Waals surface area contributed by atoms with E-state index >= 15 is 0 Å². The minimum absolute atomic E-state index is 0.101. The summed E-state index contributed by atoms with van der Waals surface area (Å²) in [6.07, 6.45) is 3.38. The lowest BCUT2D eigenvalue weighted by atomic mass is 9.92. The predicted octanol–water partition coefficient (Wildman–Crippen LogP) is 3.78. The normalized spacial score (nSPS) is 11.6. The molecule has 136 valence electrons. The molecule has 3 rings (SSSR count). The van der Waals surface area contributed by atoms with Crippen LogP contribution in [0.4, 0.5) is 10.1 Å². The van der Waals surface area contributed by atoms with Crippen LogP contribution < -0.4 is 5.32 Å². The van der Waals surface area contributed by atoms with Crippen LogP contribution in [0.15, 0.2) is 42.7 Å². The highest BCUT2D eigenvalue weighted by molar-refractivity contribution is 6.03. The third-order valence-corrected chi connectivity index (χ3v) is 4.05. The van der Waals surface area contributed by atoms with Gasteiger partial charge in [0.25, 0.3) is 5.91 Å². The number of carbonyl (C=O) groups excluding carboxylic acids is 1. The van der Waals surface area contributed by atoms with Gasteiger partial charge in [-0.2, -0.15) is 10.2 Å². The summed E-state index contributed by atoms with van der Waals surface area (Å²) in [5, 5.41) is 11.3. The van der Waals surface area contributed by atoms with Crippen LogP contribution in [0, 0.1) is 5.82 Å². The van der Waals surface area contributed by atoms with Crippen molar-refractivity contribution in [3.63, 3.8) is 0 Å². The minimum Gasteiger partial charge on any atom is -0.318 e. The molecule has 0 unspecified atom stereocenters. The van der Waals surface area contributed by atoms with Gasteiger partial charge in [0, 0.05) is 24.4 Å². The van der Waals surface area contributed by atoms with Crippen molar-refractivity contribution in [1.82, 2.24) is 19.6 Å². The van der Waals surface area contributed by atoms with Crippen LogP contribution in [0.2, 0.25) is 0 Å². The van der Waals surface area contributed by atoms with E-state index in [0.717, 1.165) is 5.69 Å². The number of nitrogens with zero attached hydrogens (tertiary/aromatic N) is 4. The predicted molar refractivity (Wildman–Crippen MR) is 98.1 cm³/mol.